The third-order valence-electron chi connectivity index (χ3n) is 4.92. The van der Waals surface area contributed by atoms with Crippen LogP contribution in [0.15, 0.2) is 71.6 Å². The van der Waals surface area contributed by atoms with Gasteiger partial charge in [0.1, 0.15) is 5.82 Å². The molecule has 0 fully saturated rings. The van der Waals surface area contributed by atoms with Crippen LogP contribution in [0.1, 0.15) is 22.3 Å². The number of anilines is 2. The number of sulfonamides is 1. The van der Waals surface area contributed by atoms with Crippen LogP contribution in [0.3, 0.4) is 0 Å². The molecule has 0 bridgehead atoms. The molecule has 30 heavy (non-hydrogen) atoms. The lowest BCUT2D eigenvalue weighted by molar-refractivity contribution is 0.0985. The maximum atomic E-state index is 13.3. The summed E-state index contributed by atoms with van der Waals surface area (Å²) < 4.78 is 41.1. The molecule has 0 unspecified atom stereocenters. The lowest BCUT2D eigenvalue weighted by atomic mass is 10.00. The number of carbonyl (C=O) groups excluding carboxylic acids is 1. The fraction of sp³-hybridized carbons (Fsp3) is 0.136. The predicted octanol–water partition coefficient (Wildman–Crippen LogP) is 4.87. The summed E-state index contributed by atoms with van der Waals surface area (Å²) in [6, 6.07) is 17.3. The number of fused-ring (bicyclic) bond motifs is 1. The lowest BCUT2D eigenvalue weighted by Crippen LogP contribution is -2.35. The predicted molar refractivity (Wildman–Crippen MR) is 115 cm³/mol. The Balaban J connectivity index is 1.61. The normalized spacial score (nSPS) is 13.6. The largest absolute Gasteiger partial charge is 0.308 e. The van der Waals surface area contributed by atoms with Gasteiger partial charge in [0.05, 0.1) is 9.92 Å². The maximum absolute atomic E-state index is 13.3. The Bertz CT molecular complexity index is 1220. The van der Waals surface area contributed by atoms with Gasteiger partial charge in [-0.05, 0) is 66.9 Å². The van der Waals surface area contributed by atoms with Gasteiger partial charge in [0.25, 0.3) is 15.9 Å². The molecule has 1 aliphatic heterocycles. The number of nitrogens with one attached hydrogen (secondary N) is 1. The lowest BCUT2D eigenvalue weighted by Gasteiger charge is -2.30. The van der Waals surface area contributed by atoms with Crippen LogP contribution >= 0.6 is 11.6 Å². The smallest absolute Gasteiger partial charge is 0.261 e. The maximum Gasteiger partial charge on any atom is 0.261 e. The van der Waals surface area contributed by atoms with E-state index in [1.54, 1.807) is 35.2 Å². The molecule has 5 nitrogen and oxygen atoms in total. The number of nitrogens with zero attached hydrogens (tertiary/aromatic N) is 1. The van der Waals surface area contributed by atoms with E-state index in [4.69, 9.17) is 11.6 Å². The minimum absolute atomic E-state index is 0.0918. The molecule has 0 aliphatic carbocycles. The first kappa shape index (κ1) is 20.4. The van der Waals surface area contributed by atoms with Gasteiger partial charge in [-0.1, -0.05) is 29.8 Å². The Kier molecular flexibility index (Phi) is 5.49. The Morgan fingerprint density at radius 1 is 1.03 bits per heavy atom. The summed E-state index contributed by atoms with van der Waals surface area (Å²) in [5, 5.41) is -0.265. The second kappa shape index (κ2) is 8.08. The van der Waals surface area contributed by atoms with Gasteiger partial charge in [-0.15, -0.1) is 0 Å². The molecule has 1 heterocycles. The van der Waals surface area contributed by atoms with Crippen molar-refractivity contribution in [3.05, 3.63) is 88.7 Å². The molecule has 0 aromatic heterocycles. The summed E-state index contributed by atoms with van der Waals surface area (Å²) in [7, 11) is -3.93. The van der Waals surface area contributed by atoms with E-state index in [1.807, 2.05) is 18.2 Å². The van der Waals surface area contributed by atoms with E-state index in [0.29, 0.717) is 17.8 Å². The van der Waals surface area contributed by atoms with Gasteiger partial charge in [-0.2, -0.15) is 0 Å². The van der Waals surface area contributed by atoms with Crippen molar-refractivity contribution in [2.75, 3.05) is 16.2 Å². The van der Waals surface area contributed by atoms with E-state index >= 15 is 0 Å². The van der Waals surface area contributed by atoms with Gasteiger partial charge < -0.3 is 4.90 Å². The Labute approximate surface area is 179 Å². The van der Waals surface area contributed by atoms with E-state index in [2.05, 4.69) is 4.72 Å². The molecular formula is C22H18ClFN2O3S. The Hall–Kier alpha value is -2.90. The molecule has 4 rings (SSSR count). The van der Waals surface area contributed by atoms with Gasteiger partial charge in [-0.25, -0.2) is 12.8 Å². The first-order chi connectivity index (χ1) is 14.3. The minimum Gasteiger partial charge on any atom is -0.308 e. The second-order valence-corrected chi connectivity index (χ2v) is 9.04. The highest BCUT2D eigenvalue weighted by Crippen LogP contribution is 2.32. The number of benzene rings is 3. The molecule has 0 saturated carbocycles. The van der Waals surface area contributed by atoms with Crippen molar-refractivity contribution in [1.29, 1.82) is 0 Å². The van der Waals surface area contributed by atoms with Crippen LogP contribution < -0.4 is 9.62 Å². The number of hydrogen-bond donors (Lipinski definition) is 1. The topological polar surface area (TPSA) is 66.5 Å². The summed E-state index contributed by atoms with van der Waals surface area (Å²) in [6.45, 7) is 0.597. The number of amides is 1. The molecule has 1 aliphatic rings. The van der Waals surface area contributed by atoms with Crippen LogP contribution in [-0.2, 0) is 16.4 Å². The molecule has 0 saturated heterocycles. The minimum atomic E-state index is -3.93. The molecule has 8 heteroatoms. The van der Waals surface area contributed by atoms with Gasteiger partial charge in [0.15, 0.2) is 0 Å². The van der Waals surface area contributed by atoms with Crippen molar-refractivity contribution < 1.29 is 17.6 Å². The van der Waals surface area contributed by atoms with Crippen molar-refractivity contribution in [1.82, 2.24) is 0 Å². The molecule has 0 radical (unpaired) electrons. The highest BCUT2D eigenvalue weighted by molar-refractivity contribution is 7.92. The van der Waals surface area contributed by atoms with E-state index in [-0.39, 0.29) is 15.8 Å². The second-order valence-electron chi connectivity index (χ2n) is 6.95. The quantitative estimate of drug-likeness (QED) is 0.624. The number of carbonyl (C=O) groups is 1. The molecule has 154 valence electrons. The summed E-state index contributed by atoms with van der Waals surface area (Å²) in [5.41, 5.74) is 2.61. The van der Waals surface area contributed by atoms with Crippen LogP contribution in [0.25, 0.3) is 0 Å². The zero-order valence-corrected chi connectivity index (χ0v) is 17.4. The Morgan fingerprint density at radius 2 is 1.80 bits per heavy atom. The number of aryl methyl sites for hydroxylation is 1. The average Bonchev–Trinajstić information content (AvgIpc) is 2.75. The summed E-state index contributed by atoms with van der Waals surface area (Å²) in [4.78, 5) is 14.5. The Morgan fingerprint density at radius 3 is 2.53 bits per heavy atom. The van der Waals surface area contributed by atoms with Crippen LogP contribution in [0.5, 0.6) is 0 Å². The molecule has 1 amide bonds. The van der Waals surface area contributed by atoms with E-state index < -0.39 is 15.8 Å². The zero-order chi connectivity index (χ0) is 21.3. The molecule has 3 aromatic rings. The summed E-state index contributed by atoms with van der Waals surface area (Å²) in [6.07, 6.45) is 1.50. The molecular weight excluding hydrogens is 427 g/mol. The molecule has 0 atom stereocenters. The first-order valence-corrected chi connectivity index (χ1v) is 11.2. The van der Waals surface area contributed by atoms with Gasteiger partial charge >= 0.3 is 0 Å². The fourth-order valence-corrected chi connectivity index (χ4v) is 4.79. The number of halogens is 2. The van der Waals surface area contributed by atoms with Crippen molar-refractivity contribution in [2.24, 2.45) is 0 Å². The van der Waals surface area contributed by atoms with Crippen molar-refractivity contribution >= 4 is 38.9 Å². The highest BCUT2D eigenvalue weighted by Gasteiger charge is 2.24. The van der Waals surface area contributed by atoms with Crippen molar-refractivity contribution in [3.8, 4) is 0 Å². The van der Waals surface area contributed by atoms with Crippen LogP contribution in [0, 0.1) is 5.82 Å². The van der Waals surface area contributed by atoms with Crippen molar-refractivity contribution in [2.45, 2.75) is 17.7 Å². The zero-order valence-electron chi connectivity index (χ0n) is 15.8. The van der Waals surface area contributed by atoms with E-state index in [1.165, 1.54) is 0 Å². The van der Waals surface area contributed by atoms with Crippen LogP contribution in [0.4, 0.5) is 15.8 Å². The van der Waals surface area contributed by atoms with Gasteiger partial charge in [0.2, 0.25) is 0 Å². The van der Waals surface area contributed by atoms with E-state index in [9.17, 15) is 17.6 Å². The number of rotatable bonds is 4. The SMILES string of the molecule is O=C(c1ccccc1)N1CCCc2cc(NS(=O)(=O)c3ccc(F)c(Cl)c3)ccc21. The average molecular weight is 445 g/mol. The third-order valence-corrected chi connectivity index (χ3v) is 6.59. The summed E-state index contributed by atoms with van der Waals surface area (Å²) in [5.74, 6) is -0.779. The van der Waals surface area contributed by atoms with Crippen LogP contribution in [-0.4, -0.2) is 20.9 Å². The van der Waals surface area contributed by atoms with Crippen molar-refractivity contribution in [3.63, 3.8) is 0 Å². The van der Waals surface area contributed by atoms with E-state index in [0.717, 1.165) is 42.3 Å². The summed E-state index contributed by atoms with van der Waals surface area (Å²) >= 11 is 5.71. The third kappa shape index (κ3) is 4.04. The monoisotopic (exact) mass is 444 g/mol. The molecule has 3 aromatic carbocycles. The van der Waals surface area contributed by atoms with Gasteiger partial charge in [0, 0.05) is 23.5 Å². The molecule has 1 N–H and O–H groups in total. The standard InChI is InChI=1S/C22H18ClFN2O3S/c23-19-14-18(9-10-20(19)24)30(28,29)25-17-8-11-21-16(13-17)7-4-12-26(21)22(27)15-5-2-1-3-6-15/h1-3,5-6,8-11,13-14,25H,4,7,12H2. The molecule has 0 spiro atoms. The fourth-order valence-electron chi connectivity index (χ4n) is 3.47. The highest BCUT2D eigenvalue weighted by atomic mass is 35.5. The first-order valence-electron chi connectivity index (χ1n) is 9.33. The number of hydrogen-bond acceptors (Lipinski definition) is 3. The van der Waals surface area contributed by atoms with Gasteiger partial charge in [-0.3, -0.25) is 9.52 Å². The van der Waals surface area contributed by atoms with Crippen LogP contribution in [0.2, 0.25) is 5.02 Å².